The van der Waals surface area contributed by atoms with Crippen LogP contribution in [0.25, 0.3) is 10.9 Å². The van der Waals surface area contributed by atoms with Crippen LogP contribution >= 0.6 is 0 Å². The van der Waals surface area contributed by atoms with Gasteiger partial charge in [0.25, 0.3) is 0 Å². The minimum atomic E-state index is -0.493. The number of aliphatic hydroxyl groups excluding tert-OH is 1. The molecule has 2 aromatic rings. The molecule has 1 aromatic carbocycles. The van der Waals surface area contributed by atoms with Gasteiger partial charge in [0.15, 0.2) is 0 Å². The Labute approximate surface area is 172 Å². The minimum Gasteiger partial charge on any atom is -0.497 e. The lowest BCUT2D eigenvalue weighted by molar-refractivity contribution is 0.0451. The number of ether oxygens (including phenoxy) is 2. The van der Waals surface area contributed by atoms with Crippen molar-refractivity contribution in [2.75, 3.05) is 7.11 Å². The topological polar surface area (TPSA) is 80.7 Å². The summed E-state index contributed by atoms with van der Waals surface area (Å²) in [6, 6.07) is 7.90. The van der Waals surface area contributed by atoms with E-state index in [1.807, 2.05) is 45.0 Å². The first kappa shape index (κ1) is 21.4. The van der Waals surface area contributed by atoms with E-state index in [-0.39, 0.29) is 18.1 Å². The van der Waals surface area contributed by atoms with Gasteiger partial charge in [-0.05, 0) is 88.6 Å². The van der Waals surface area contributed by atoms with E-state index < -0.39 is 11.7 Å². The lowest BCUT2D eigenvalue weighted by Crippen LogP contribution is -2.42. The molecule has 0 unspecified atom stereocenters. The highest BCUT2D eigenvalue weighted by Crippen LogP contribution is 2.30. The van der Waals surface area contributed by atoms with Crippen molar-refractivity contribution in [1.29, 1.82) is 0 Å². The second-order valence-electron chi connectivity index (χ2n) is 8.88. The Morgan fingerprint density at radius 2 is 1.97 bits per heavy atom. The number of hydrogen-bond acceptors (Lipinski definition) is 5. The lowest BCUT2D eigenvalue weighted by atomic mass is 9.81. The molecule has 1 aliphatic carbocycles. The molecule has 29 heavy (non-hydrogen) atoms. The van der Waals surface area contributed by atoms with E-state index in [1.165, 1.54) is 0 Å². The highest BCUT2D eigenvalue weighted by atomic mass is 16.6. The number of hydrogen-bond donors (Lipinski definition) is 2. The van der Waals surface area contributed by atoms with Crippen LogP contribution in [0.1, 0.15) is 52.0 Å². The van der Waals surface area contributed by atoms with Crippen LogP contribution in [-0.2, 0) is 11.2 Å². The summed E-state index contributed by atoms with van der Waals surface area (Å²) in [4.78, 5) is 16.4. The van der Waals surface area contributed by atoms with Gasteiger partial charge in [0, 0.05) is 17.6 Å². The Morgan fingerprint density at radius 1 is 1.24 bits per heavy atom. The van der Waals surface area contributed by atoms with Gasteiger partial charge in [0.05, 0.1) is 18.7 Å². The first-order valence-corrected chi connectivity index (χ1v) is 10.3. The average molecular weight is 401 g/mol. The van der Waals surface area contributed by atoms with E-state index in [0.29, 0.717) is 6.42 Å². The van der Waals surface area contributed by atoms with E-state index in [9.17, 15) is 9.90 Å². The van der Waals surface area contributed by atoms with Crippen LogP contribution in [0.5, 0.6) is 5.75 Å². The number of benzene rings is 1. The molecule has 1 fully saturated rings. The molecule has 1 aromatic heterocycles. The molecule has 1 saturated carbocycles. The average Bonchev–Trinajstić information content (AvgIpc) is 2.67. The molecule has 2 N–H and O–H groups in total. The van der Waals surface area contributed by atoms with Crippen LogP contribution in [0.3, 0.4) is 0 Å². The third-order valence-electron chi connectivity index (χ3n) is 5.50. The summed E-state index contributed by atoms with van der Waals surface area (Å²) >= 11 is 0. The number of nitrogens with one attached hydrogen (secondary N) is 1. The van der Waals surface area contributed by atoms with E-state index in [0.717, 1.165) is 47.9 Å². The van der Waals surface area contributed by atoms with Gasteiger partial charge in [-0.25, -0.2) is 4.79 Å². The van der Waals surface area contributed by atoms with Crippen molar-refractivity contribution >= 4 is 17.0 Å². The maximum Gasteiger partial charge on any atom is 0.407 e. The number of carbonyl (C=O) groups excluding carboxylic acids is 1. The normalized spacial score (nSPS) is 20.9. The number of fused-ring (bicyclic) bond motifs is 1. The van der Waals surface area contributed by atoms with Crippen molar-refractivity contribution in [3.63, 3.8) is 0 Å². The fourth-order valence-electron chi connectivity index (χ4n) is 4.00. The summed E-state index contributed by atoms with van der Waals surface area (Å²) < 4.78 is 10.7. The van der Waals surface area contributed by atoms with Crippen molar-refractivity contribution in [1.82, 2.24) is 10.3 Å². The Morgan fingerprint density at radius 3 is 2.62 bits per heavy atom. The van der Waals surface area contributed by atoms with Gasteiger partial charge in [-0.3, -0.25) is 4.98 Å². The number of methoxy groups -OCH3 is 1. The molecular weight excluding hydrogens is 368 g/mol. The van der Waals surface area contributed by atoms with E-state index >= 15 is 0 Å². The van der Waals surface area contributed by atoms with Gasteiger partial charge < -0.3 is 19.9 Å². The van der Waals surface area contributed by atoms with Crippen molar-refractivity contribution in [3.8, 4) is 5.75 Å². The SMILES string of the molecule is COc1ccc2nccc(C[C@@H](O)[C@H]3CC[C@H](NC(=O)OC(C)(C)C)CC3)c2c1. The molecule has 3 rings (SSSR count). The third-order valence-corrected chi connectivity index (χ3v) is 5.50. The predicted molar refractivity (Wildman–Crippen MR) is 113 cm³/mol. The quantitative estimate of drug-likeness (QED) is 0.785. The summed E-state index contributed by atoms with van der Waals surface area (Å²) in [6.45, 7) is 5.58. The van der Waals surface area contributed by atoms with Crippen molar-refractivity contribution in [3.05, 3.63) is 36.0 Å². The maximum atomic E-state index is 12.0. The first-order chi connectivity index (χ1) is 13.7. The number of carbonyl (C=O) groups is 1. The molecular formula is C23H32N2O4. The number of amides is 1. The van der Waals surface area contributed by atoms with Gasteiger partial charge >= 0.3 is 6.09 Å². The molecule has 0 aliphatic heterocycles. The second-order valence-corrected chi connectivity index (χ2v) is 8.88. The summed E-state index contributed by atoms with van der Waals surface area (Å²) in [7, 11) is 1.65. The second kappa shape index (κ2) is 8.99. The number of alkyl carbamates (subject to hydrolysis) is 1. The van der Waals surface area contributed by atoms with Gasteiger partial charge in [0.1, 0.15) is 11.4 Å². The number of aromatic nitrogens is 1. The fourth-order valence-corrected chi connectivity index (χ4v) is 4.00. The zero-order chi connectivity index (χ0) is 21.0. The molecule has 1 aliphatic rings. The molecule has 158 valence electrons. The smallest absolute Gasteiger partial charge is 0.407 e. The summed E-state index contributed by atoms with van der Waals surface area (Å²) in [6.07, 6.45) is 5.06. The fraction of sp³-hybridized carbons (Fsp3) is 0.565. The molecule has 1 heterocycles. The predicted octanol–water partition coefficient (Wildman–Crippen LogP) is 4.23. The van der Waals surface area contributed by atoms with Gasteiger partial charge in [-0.1, -0.05) is 0 Å². The Balaban J connectivity index is 1.57. The van der Waals surface area contributed by atoms with Crippen LogP contribution in [0.2, 0.25) is 0 Å². The number of aliphatic hydroxyl groups is 1. The highest BCUT2D eigenvalue weighted by Gasteiger charge is 2.28. The zero-order valence-corrected chi connectivity index (χ0v) is 17.8. The standard InChI is InChI=1S/C23H32N2O4/c1-23(2,3)29-22(27)25-17-7-5-15(6-8-17)21(26)13-16-11-12-24-20-10-9-18(28-4)14-19(16)20/h9-12,14-15,17,21,26H,5-8,13H2,1-4H3,(H,25,27)/t15-,17-,21-/m1/s1. The van der Waals surface area contributed by atoms with E-state index in [4.69, 9.17) is 9.47 Å². The molecule has 0 bridgehead atoms. The van der Waals surface area contributed by atoms with Gasteiger partial charge in [-0.15, -0.1) is 0 Å². The van der Waals surface area contributed by atoms with Crippen LogP contribution in [0, 0.1) is 5.92 Å². The number of rotatable bonds is 5. The summed E-state index contributed by atoms with van der Waals surface area (Å²) in [5.74, 6) is 1.01. The Bertz CT molecular complexity index is 838. The molecule has 0 saturated heterocycles. The van der Waals surface area contributed by atoms with Crippen molar-refractivity contribution in [2.24, 2.45) is 5.92 Å². The largest absolute Gasteiger partial charge is 0.497 e. The molecule has 0 radical (unpaired) electrons. The number of pyridine rings is 1. The number of nitrogens with zero attached hydrogens (tertiary/aromatic N) is 1. The Hall–Kier alpha value is -2.34. The molecule has 6 heteroatoms. The monoisotopic (exact) mass is 400 g/mol. The van der Waals surface area contributed by atoms with Gasteiger partial charge in [-0.2, -0.15) is 0 Å². The van der Waals surface area contributed by atoms with Crippen molar-refractivity contribution in [2.45, 2.75) is 70.6 Å². The lowest BCUT2D eigenvalue weighted by Gasteiger charge is -2.32. The third kappa shape index (κ3) is 5.82. The van der Waals surface area contributed by atoms with Crippen molar-refractivity contribution < 1.29 is 19.4 Å². The molecule has 1 amide bonds. The van der Waals surface area contributed by atoms with Crippen LogP contribution in [-0.4, -0.2) is 41.0 Å². The summed E-state index contributed by atoms with van der Waals surface area (Å²) in [5, 5.41) is 14.8. The summed E-state index contributed by atoms with van der Waals surface area (Å²) in [5.41, 5.74) is 1.49. The zero-order valence-electron chi connectivity index (χ0n) is 17.8. The minimum absolute atomic E-state index is 0.110. The van der Waals surface area contributed by atoms with Crippen LogP contribution in [0.4, 0.5) is 4.79 Å². The Kier molecular flexibility index (Phi) is 6.63. The van der Waals surface area contributed by atoms with E-state index in [1.54, 1.807) is 13.3 Å². The van der Waals surface area contributed by atoms with E-state index in [2.05, 4.69) is 10.3 Å². The van der Waals surface area contributed by atoms with Crippen LogP contribution < -0.4 is 10.1 Å². The highest BCUT2D eigenvalue weighted by molar-refractivity contribution is 5.83. The molecule has 6 nitrogen and oxygen atoms in total. The maximum absolute atomic E-state index is 12.0. The van der Waals surface area contributed by atoms with Crippen LogP contribution in [0.15, 0.2) is 30.5 Å². The molecule has 1 atom stereocenters. The van der Waals surface area contributed by atoms with Gasteiger partial charge in [0.2, 0.25) is 0 Å². The first-order valence-electron chi connectivity index (χ1n) is 10.3. The molecule has 0 spiro atoms.